The topological polar surface area (TPSA) is 73.9 Å². The Morgan fingerprint density at radius 3 is 2.35 bits per heavy atom. The maximum atomic E-state index is 13.2. The summed E-state index contributed by atoms with van der Waals surface area (Å²) in [5.41, 5.74) is 2.95. The molecule has 2 amide bonds. The molecule has 0 saturated carbocycles. The van der Waals surface area contributed by atoms with Crippen molar-refractivity contribution in [1.29, 1.82) is 0 Å². The number of carbonyl (C=O) groups is 2. The Morgan fingerprint density at radius 1 is 1.00 bits per heavy atom. The summed E-state index contributed by atoms with van der Waals surface area (Å²) in [5.74, 6) is -0.652. The second-order valence-electron chi connectivity index (χ2n) is 8.59. The lowest BCUT2D eigenvalue weighted by Crippen LogP contribution is -2.48. The number of nitrogens with zero attached hydrogens (tertiary/aromatic N) is 2. The first kappa shape index (κ1) is 23.9. The summed E-state index contributed by atoms with van der Waals surface area (Å²) in [5, 5.41) is 5.75. The van der Waals surface area contributed by atoms with E-state index in [0.717, 1.165) is 50.3 Å². The fourth-order valence-corrected chi connectivity index (χ4v) is 4.50. The highest BCUT2D eigenvalue weighted by molar-refractivity contribution is 5.95. The van der Waals surface area contributed by atoms with Gasteiger partial charge in [-0.25, -0.2) is 14.0 Å². The van der Waals surface area contributed by atoms with E-state index >= 15 is 0 Å². The summed E-state index contributed by atoms with van der Waals surface area (Å²) in [6.07, 6.45) is 0.956. The number of ether oxygens (including phenoxy) is 1. The van der Waals surface area contributed by atoms with Gasteiger partial charge in [-0.2, -0.15) is 0 Å². The van der Waals surface area contributed by atoms with Crippen molar-refractivity contribution in [2.75, 3.05) is 39.3 Å². The van der Waals surface area contributed by atoms with Gasteiger partial charge in [-0.05, 0) is 49.7 Å². The Hall–Kier alpha value is -3.23. The predicted molar refractivity (Wildman–Crippen MR) is 127 cm³/mol. The van der Waals surface area contributed by atoms with E-state index in [1.807, 2.05) is 42.5 Å². The van der Waals surface area contributed by atoms with E-state index in [9.17, 15) is 14.0 Å². The third-order valence-electron chi connectivity index (χ3n) is 6.16. The van der Waals surface area contributed by atoms with Gasteiger partial charge in [-0.1, -0.05) is 42.5 Å². The number of hydrogen-bond acceptors (Lipinski definition) is 5. The maximum Gasteiger partial charge on any atom is 0.338 e. The number of hydrogen-bond donors (Lipinski definition) is 2. The molecule has 1 saturated heterocycles. The zero-order chi connectivity index (χ0) is 23.9. The van der Waals surface area contributed by atoms with Crippen molar-refractivity contribution in [1.82, 2.24) is 20.4 Å². The van der Waals surface area contributed by atoms with Gasteiger partial charge < -0.3 is 15.4 Å². The molecule has 2 N–H and O–H groups in total. The molecule has 34 heavy (non-hydrogen) atoms. The van der Waals surface area contributed by atoms with Crippen LogP contribution >= 0.6 is 0 Å². The van der Waals surface area contributed by atoms with Crippen LogP contribution in [0.3, 0.4) is 0 Å². The van der Waals surface area contributed by atoms with Crippen molar-refractivity contribution in [3.05, 3.63) is 82.8 Å². The van der Waals surface area contributed by atoms with Crippen LogP contribution in [0.5, 0.6) is 0 Å². The first-order valence-electron chi connectivity index (χ1n) is 11.7. The maximum absolute atomic E-state index is 13.2. The van der Waals surface area contributed by atoms with Crippen LogP contribution in [-0.4, -0.2) is 61.1 Å². The Bertz CT molecular complexity index is 1030. The lowest BCUT2D eigenvalue weighted by Gasteiger charge is -2.32. The van der Waals surface area contributed by atoms with Crippen molar-refractivity contribution in [3.8, 4) is 0 Å². The van der Waals surface area contributed by atoms with E-state index in [4.69, 9.17) is 4.74 Å². The summed E-state index contributed by atoms with van der Waals surface area (Å²) >= 11 is 0. The molecular weight excluding hydrogens is 435 g/mol. The summed E-state index contributed by atoms with van der Waals surface area (Å²) in [4.78, 5) is 30.1. The van der Waals surface area contributed by atoms with Gasteiger partial charge in [-0.15, -0.1) is 0 Å². The minimum Gasteiger partial charge on any atom is -0.463 e. The molecule has 0 unspecified atom stereocenters. The number of halogens is 1. The quantitative estimate of drug-likeness (QED) is 0.613. The molecule has 0 spiro atoms. The Balaban J connectivity index is 1.50. The van der Waals surface area contributed by atoms with E-state index in [-0.39, 0.29) is 18.5 Å². The van der Waals surface area contributed by atoms with E-state index in [1.165, 1.54) is 12.1 Å². The molecule has 1 atom stereocenters. The lowest BCUT2D eigenvalue weighted by atomic mass is 9.95. The highest BCUT2D eigenvalue weighted by Gasteiger charge is 2.34. The number of urea groups is 1. The molecule has 1 fully saturated rings. The van der Waals surface area contributed by atoms with Crippen LogP contribution < -0.4 is 10.6 Å². The first-order valence-corrected chi connectivity index (χ1v) is 11.7. The van der Waals surface area contributed by atoms with Crippen LogP contribution in [0.25, 0.3) is 0 Å². The van der Waals surface area contributed by atoms with Crippen LogP contribution in [-0.2, 0) is 16.1 Å². The van der Waals surface area contributed by atoms with E-state index in [0.29, 0.717) is 17.8 Å². The monoisotopic (exact) mass is 466 g/mol. The first-order chi connectivity index (χ1) is 16.5. The largest absolute Gasteiger partial charge is 0.463 e. The molecule has 2 aromatic carbocycles. The molecule has 2 heterocycles. The molecule has 4 rings (SSSR count). The summed E-state index contributed by atoms with van der Waals surface area (Å²) in [7, 11) is 0. The predicted octanol–water partition coefficient (Wildman–Crippen LogP) is 3.20. The van der Waals surface area contributed by atoms with Crippen LogP contribution in [0.15, 0.2) is 65.9 Å². The van der Waals surface area contributed by atoms with Crippen LogP contribution in [0.4, 0.5) is 9.18 Å². The van der Waals surface area contributed by atoms with Crippen molar-refractivity contribution >= 4 is 12.0 Å². The summed E-state index contributed by atoms with van der Waals surface area (Å²) in [6.45, 7) is 6.66. The Morgan fingerprint density at radius 2 is 1.68 bits per heavy atom. The second kappa shape index (κ2) is 11.3. The number of esters is 1. The van der Waals surface area contributed by atoms with Gasteiger partial charge in [0.05, 0.1) is 18.2 Å². The Labute approximate surface area is 199 Å². The number of nitrogens with one attached hydrogen (secondary N) is 2. The van der Waals surface area contributed by atoms with Gasteiger partial charge in [-0.3, -0.25) is 9.80 Å². The van der Waals surface area contributed by atoms with Gasteiger partial charge in [0.2, 0.25) is 0 Å². The number of rotatable bonds is 7. The second-order valence-corrected chi connectivity index (χ2v) is 8.59. The van der Waals surface area contributed by atoms with Crippen molar-refractivity contribution in [3.63, 3.8) is 0 Å². The molecule has 2 aliphatic heterocycles. The fourth-order valence-electron chi connectivity index (χ4n) is 4.50. The van der Waals surface area contributed by atoms with Crippen LogP contribution in [0, 0.1) is 5.82 Å². The highest BCUT2D eigenvalue weighted by atomic mass is 19.1. The molecule has 0 radical (unpaired) electrons. The molecule has 0 aromatic heterocycles. The smallest absolute Gasteiger partial charge is 0.338 e. The van der Waals surface area contributed by atoms with E-state index < -0.39 is 12.0 Å². The molecule has 8 heteroatoms. The Kier molecular flexibility index (Phi) is 7.92. The molecular formula is C26H31FN4O3. The van der Waals surface area contributed by atoms with Gasteiger partial charge in [0.25, 0.3) is 0 Å². The average molecular weight is 467 g/mol. The van der Waals surface area contributed by atoms with Crippen LogP contribution in [0.1, 0.15) is 30.5 Å². The summed E-state index contributed by atoms with van der Waals surface area (Å²) in [6, 6.07) is 15.2. The third kappa shape index (κ3) is 6.01. The molecule has 7 nitrogen and oxygen atoms in total. The normalized spacial score (nSPS) is 19.8. The number of benzene rings is 2. The standard InChI is InChI=1S/C26H31FN4O3/c1-2-34-25(32)23-22(28-26(33)29-24(23)20-7-4-3-5-8-20)18-31-14-6-13-30(15-16-31)17-19-9-11-21(27)12-10-19/h3-5,7-12,24H,2,6,13-18H2,1H3,(H2,28,29,33)/t24-/m0/s1. The van der Waals surface area contributed by atoms with Crippen LogP contribution in [0.2, 0.25) is 0 Å². The van der Waals surface area contributed by atoms with E-state index in [2.05, 4.69) is 20.4 Å². The van der Waals surface area contributed by atoms with Gasteiger partial charge in [0.15, 0.2) is 0 Å². The van der Waals surface area contributed by atoms with Crippen molar-refractivity contribution < 1.29 is 18.7 Å². The molecule has 2 aliphatic rings. The van der Waals surface area contributed by atoms with Crippen molar-refractivity contribution in [2.24, 2.45) is 0 Å². The SMILES string of the molecule is CCOC(=O)C1=C(CN2CCCN(Cc3ccc(F)cc3)CC2)NC(=O)N[C@H]1c1ccccc1. The van der Waals surface area contributed by atoms with Crippen molar-refractivity contribution in [2.45, 2.75) is 25.9 Å². The summed E-state index contributed by atoms with van der Waals surface area (Å²) < 4.78 is 18.6. The zero-order valence-electron chi connectivity index (χ0n) is 19.4. The fraction of sp³-hybridized carbons (Fsp3) is 0.385. The number of carbonyl (C=O) groups excluding carboxylic acids is 2. The zero-order valence-corrected chi connectivity index (χ0v) is 19.4. The minimum absolute atomic E-state index is 0.228. The molecule has 2 aromatic rings. The minimum atomic E-state index is -0.564. The lowest BCUT2D eigenvalue weighted by molar-refractivity contribution is -0.139. The third-order valence-corrected chi connectivity index (χ3v) is 6.16. The molecule has 0 bridgehead atoms. The van der Waals surface area contributed by atoms with Gasteiger partial charge in [0, 0.05) is 31.9 Å². The van der Waals surface area contributed by atoms with Gasteiger partial charge in [0.1, 0.15) is 5.82 Å². The average Bonchev–Trinajstić information content (AvgIpc) is 3.06. The number of amides is 2. The van der Waals surface area contributed by atoms with Gasteiger partial charge >= 0.3 is 12.0 Å². The molecule has 0 aliphatic carbocycles. The van der Waals surface area contributed by atoms with E-state index in [1.54, 1.807) is 6.92 Å². The highest BCUT2D eigenvalue weighted by Crippen LogP contribution is 2.28. The molecule has 180 valence electrons.